The molecule has 0 bridgehead atoms. The van der Waals surface area contributed by atoms with Crippen molar-refractivity contribution in [3.63, 3.8) is 0 Å². The molecular formula is C15H10ClNO2S. The number of aromatic nitrogens is 1. The second-order valence-electron chi connectivity index (χ2n) is 4.42. The van der Waals surface area contributed by atoms with Gasteiger partial charge >= 0.3 is 5.97 Å². The van der Waals surface area contributed by atoms with Crippen LogP contribution in [0.25, 0.3) is 20.8 Å². The zero-order chi connectivity index (χ0) is 14.3. The highest BCUT2D eigenvalue weighted by atomic mass is 35.5. The molecule has 1 heterocycles. The maximum absolute atomic E-state index is 11.0. The fraction of sp³-hybridized carbons (Fsp3) is 0.0667. The van der Waals surface area contributed by atoms with Gasteiger partial charge in [-0.25, -0.2) is 9.78 Å². The lowest BCUT2D eigenvalue weighted by Crippen LogP contribution is -1.94. The highest BCUT2D eigenvalue weighted by molar-refractivity contribution is 7.21. The molecule has 20 heavy (non-hydrogen) atoms. The summed E-state index contributed by atoms with van der Waals surface area (Å²) in [5, 5.41) is 10.6. The first kappa shape index (κ1) is 13.1. The first-order valence-electron chi connectivity index (χ1n) is 5.95. The SMILES string of the molecule is Cc1c(Cl)cccc1-c1nc2ccc(C(=O)O)cc2s1. The van der Waals surface area contributed by atoms with E-state index in [4.69, 9.17) is 16.7 Å². The number of halogens is 1. The van der Waals surface area contributed by atoms with Crippen molar-refractivity contribution in [2.24, 2.45) is 0 Å². The molecule has 0 aliphatic carbocycles. The first-order chi connectivity index (χ1) is 9.56. The molecule has 1 aromatic heterocycles. The number of thiazole rings is 1. The molecule has 0 atom stereocenters. The van der Waals surface area contributed by atoms with Crippen LogP contribution in [0.4, 0.5) is 0 Å². The van der Waals surface area contributed by atoms with E-state index in [2.05, 4.69) is 4.98 Å². The first-order valence-corrected chi connectivity index (χ1v) is 7.15. The zero-order valence-corrected chi connectivity index (χ0v) is 12.1. The minimum absolute atomic E-state index is 0.274. The summed E-state index contributed by atoms with van der Waals surface area (Å²) in [4.78, 5) is 15.5. The van der Waals surface area contributed by atoms with E-state index in [1.54, 1.807) is 18.2 Å². The number of aromatic carboxylic acids is 1. The van der Waals surface area contributed by atoms with Gasteiger partial charge in [0.1, 0.15) is 5.01 Å². The van der Waals surface area contributed by atoms with Gasteiger partial charge in [-0.05, 0) is 36.8 Å². The Kier molecular flexibility index (Phi) is 3.20. The van der Waals surface area contributed by atoms with E-state index < -0.39 is 5.97 Å². The average Bonchev–Trinajstić information content (AvgIpc) is 2.84. The van der Waals surface area contributed by atoms with Crippen molar-refractivity contribution >= 4 is 39.1 Å². The quantitative estimate of drug-likeness (QED) is 0.751. The van der Waals surface area contributed by atoms with E-state index in [9.17, 15) is 4.79 Å². The second-order valence-corrected chi connectivity index (χ2v) is 5.86. The van der Waals surface area contributed by atoms with Crippen LogP contribution in [0.1, 0.15) is 15.9 Å². The molecule has 0 amide bonds. The highest BCUT2D eigenvalue weighted by Crippen LogP contribution is 2.34. The standard InChI is InChI=1S/C15H10ClNO2S/c1-8-10(3-2-4-11(8)16)14-17-12-6-5-9(15(18)19)7-13(12)20-14/h2-7H,1H3,(H,18,19). The van der Waals surface area contributed by atoms with Crippen LogP contribution in [0.3, 0.4) is 0 Å². The molecule has 3 rings (SSSR count). The molecule has 3 aromatic rings. The number of fused-ring (bicyclic) bond motifs is 1. The smallest absolute Gasteiger partial charge is 0.335 e. The van der Waals surface area contributed by atoms with E-state index in [1.807, 2.05) is 25.1 Å². The van der Waals surface area contributed by atoms with Gasteiger partial charge in [0.25, 0.3) is 0 Å². The van der Waals surface area contributed by atoms with Gasteiger partial charge in [-0.15, -0.1) is 11.3 Å². The normalized spacial score (nSPS) is 10.9. The third-order valence-corrected chi connectivity index (χ3v) is 4.59. The van der Waals surface area contributed by atoms with Crippen LogP contribution in [-0.2, 0) is 0 Å². The maximum atomic E-state index is 11.0. The monoisotopic (exact) mass is 303 g/mol. The predicted molar refractivity (Wildman–Crippen MR) is 81.8 cm³/mol. The number of hydrogen-bond acceptors (Lipinski definition) is 3. The summed E-state index contributed by atoms with van der Waals surface area (Å²) in [6.45, 7) is 1.95. The van der Waals surface area contributed by atoms with Crippen molar-refractivity contribution in [2.75, 3.05) is 0 Å². The van der Waals surface area contributed by atoms with Gasteiger partial charge in [0, 0.05) is 10.6 Å². The second kappa shape index (κ2) is 4.89. The highest BCUT2D eigenvalue weighted by Gasteiger charge is 2.12. The van der Waals surface area contributed by atoms with Gasteiger partial charge in [-0.3, -0.25) is 0 Å². The van der Waals surface area contributed by atoms with Gasteiger partial charge in [0.05, 0.1) is 15.8 Å². The fourth-order valence-electron chi connectivity index (χ4n) is 2.01. The molecule has 0 unspecified atom stereocenters. The number of nitrogens with zero attached hydrogens (tertiary/aromatic N) is 1. The molecule has 5 heteroatoms. The Morgan fingerprint density at radius 2 is 2.10 bits per heavy atom. The van der Waals surface area contributed by atoms with E-state index in [0.717, 1.165) is 26.4 Å². The van der Waals surface area contributed by atoms with Crippen LogP contribution in [-0.4, -0.2) is 16.1 Å². The molecule has 100 valence electrons. The van der Waals surface area contributed by atoms with Gasteiger partial charge in [0.2, 0.25) is 0 Å². The molecule has 0 fully saturated rings. The summed E-state index contributed by atoms with van der Waals surface area (Å²) in [5.74, 6) is -0.930. The maximum Gasteiger partial charge on any atom is 0.335 e. The minimum atomic E-state index is -0.930. The summed E-state index contributed by atoms with van der Waals surface area (Å²) in [6.07, 6.45) is 0. The van der Waals surface area contributed by atoms with E-state index in [-0.39, 0.29) is 5.56 Å². The molecule has 0 aliphatic heterocycles. The number of carboxylic acids is 1. The topological polar surface area (TPSA) is 50.2 Å². The Bertz CT molecular complexity index is 826. The fourth-order valence-corrected chi connectivity index (χ4v) is 3.27. The zero-order valence-electron chi connectivity index (χ0n) is 10.6. The van der Waals surface area contributed by atoms with Crippen LogP contribution in [0, 0.1) is 6.92 Å². The Morgan fingerprint density at radius 3 is 2.85 bits per heavy atom. The molecule has 0 saturated carbocycles. The number of rotatable bonds is 2. The molecule has 1 N–H and O–H groups in total. The molecular weight excluding hydrogens is 294 g/mol. The minimum Gasteiger partial charge on any atom is -0.478 e. The van der Waals surface area contributed by atoms with Crippen molar-refractivity contribution in [1.29, 1.82) is 0 Å². The predicted octanol–water partition coefficient (Wildman–Crippen LogP) is 4.62. The van der Waals surface area contributed by atoms with Gasteiger partial charge in [0.15, 0.2) is 0 Å². The lowest BCUT2D eigenvalue weighted by atomic mass is 10.1. The number of carboxylic acid groups (broad SMARTS) is 1. The summed E-state index contributed by atoms with van der Waals surface area (Å²) in [5.41, 5.74) is 3.03. The third-order valence-electron chi connectivity index (χ3n) is 3.13. The van der Waals surface area contributed by atoms with Crippen molar-refractivity contribution in [3.8, 4) is 10.6 Å². The molecule has 0 spiro atoms. The van der Waals surface area contributed by atoms with Crippen LogP contribution in [0.15, 0.2) is 36.4 Å². The molecule has 0 saturated heterocycles. The van der Waals surface area contributed by atoms with Crippen LogP contribution >= 0.6 is 22.9 Å². The third kappa shape index (κ3) is 2.17. The Labute approximate surface area is 124 Å². The summed E-state index contributed by atoms with van der Waals surface area (Å²) in [6, 6.07) is 10.7. The lowest BCUT2D eigenvalue weighted by Gasteiger charge is -2.03. The molecule has 2 aromatic carbocycles. The van der Waals surface area contributed by atoms with Gasteiger partial charge in [-0.2, -0.15) is 0 Å². The van der Waals surface area contributed by atoms with Crippen molar-refractivity contribution in [3.05, 3.63) is 52.5 Å². The van der Waals surface area contributed by atoms with Gasteiger partial charge < -0.3 is 5.11 Å². The molecule has 3 nitrogen and oxygen atoms in total. The number of carbonyl (C=O) groups is 1. The summed E-state index contributed by atoms with van der Waals surface area (Å²) in [7, 11) is 0. The number of hydrogen-bond donors (Lipinski definition) is 1. The van der Waals surface area contributed by atoms with Crippen molar-refractivity contribution in [1.82, 2.24) is 4.98 Å². The molecule has 0 aliphatic rings. The summed E-state index contributed by atoms with van der Waals surface area (Å²) < 4.78 is 0.860. The van der Waals surface area contributed by atoms with Crippen LogP contribution in [0.5, 0.6) is 0 Å². The van der Waals surface area contributed by atoms with E-state index in [0.29, 0.717) is 5.02 Å². The van der Waals surface area contributed by atoms with Crippen LogP contribution < -0.4 is 0 Å². The number of benzene rings is 2. The summed E-state index contributed by atoms with van der Waals surface area (Å²) >= 11 is 7.60. The largest absolute Gasteiger partial charge is 0.478 e. The Hall–Kier alpha value is -1.91. The average molecular weight is 304 g/mol. The van der Waals surface area contributed by atoms with Gasteiger partial charge in [-0.1, -0.05) is 23.7 Å². The van der Waals surface area contributed by atoms with Crippen molar-refractivity contribution in [2.45, 2.75) is 6.92 Å². The van der Waals surface area contributed by atoms with Crippen molar-refractivity contribution < 1.29 is 9.90 Å². The van der Waals surface area contributed by atoms with E-state index in [1.165, 1.54) is 11.3 Å². The lowest BCUT2D eigenvalue weighted by molar-refractivity contribution is 0.0697. The molecule has 0 radical (unpaired) electrons. The Balaban J connectivity index is 2.18. The van der Waals surface area contributed by atoms with Crippen LogP contribution in [0.2, 0.25) is 5.02 Å². The Morgan fingerprint density at radius 1 is 1.30 bits per heavy atom. The van der Waals surface area contributed by atoms with E-state index >= 15 is 0 Å².